The lowest BCUT2D eigenvalue weighted by molar-refractivity contribution is 0.0975. The molecular weight excluding hydrogens is 991 g/mol. The van der Waals surface area contributed by atoms with E-state index in [0.717, 1.165) is 84.7 Å². The number of carbonyl (C=O) groups excluding carboxylic acids is 1. The summed E-state index contributed by atoms with van der Waals surface area (Å²) < 4.78 is 29.1. The van der Waals surface area contributed by atoms with Crippen LogP contribution in [0.15, 0.2) is 267 Å². The minimum absolute atomic E-state index is 0.0222. The second kappa shape index (κ2) is 28.4. The summed E-state index contributed by atoms with van der Waals surface area (Å²) in [5.41, 5.74) is 18.1. The van der Waals surface area contributed by atoms with E-state index < -0.39 is 0 Å². The van der Waals surface area contributed by atoms with Crippen molar-refractivity contribution >= 4 is 28.1 Å². The number of aromatic amines is 1. The van der Waals surface area contributed by atoms with E-state index in [1.54, 1.807) is 12.1 Å². The SMILES string of the molecule is CC(Nc1ccc(OCc2ccccc2)cc1)C(=O)c1ccc(OCc2ccccc2)cc1.Cc1c(-c2ccc(OCc3ccccc3)cc2)[nH]c2cc(OCc3ccccc3)ccc12.Nc1ccc(OCc2ccccc2)cc1. The monoisotopic (exact) mass is 1060 g/mol. The predicted octanol–water partition coefficient (Wildman–Crippen LogP) is 16.7. The average Bonchev–Trinajstić information content (AvgIpc) is 3.87. The number of anilines is 2. The zero-order valence-electron chi connectivity index (χ0n) is 45.0. The molecule has 9 nitrogen and oxygen atoms in total. The smallest absolute Gasteiger partial charge is 0.184 e. The van der Waals surface area contributed by atoms with Crippen molar-refractivity contribution in [3.8, 4) is 40.0 Å². The van der Waals surface area contributed by atoms with Crippen molar-refractivity contribution in [2.24, 2.45) is 0 Å². The van der Waals surface area contributed by atoms with Crippen LogP contribution in [0.1, 0.15) is 50.7 Å². The van der Waals surface area contributed by atoms with Crippen LogP contribution in [-0.4, -0.2) is 16.8 Å². The first kappa shape index (κ1) is 54.8. The van der Waals surface area contributed by atoms with Crippen LogP contribution in [0, 0.1) is 6.92 Å². The Balaban J connectivity index is 0.000000155. The van der Waals surface area contributed by atoms with Gasteiger partial charge in [-0.2, -0.15) is 0 Å². The van der Waals surface area contributed by atoms with Crippen molar-refractivity contribution in [1.82, 2.24) is 4.98 Å². The Labute approximate surface area is 469 Å². The number of H-pyrrole nitrogens is 1. The maximum absolute atomic E-state index is 12.8. The molecule has 0 aliphatic carbocycles. The maximum Gasteiger partial charge on any atom is 0.184 e. The molecule has 1 unspecified atom stereocenters. The standard InChI is InChI=1S/C29H27NO3.C29H25NO2.C13H13NO/c1-22(30-26-14-18-28(19-15-26)33-21-24-10-6-3-7-11-24)29(31)25-12-16-27(17-13-25)32-20-23-8-4-2-5-9-23;1-21-27-17-16-26(32-20-23-10-6-3-7-11-23)18-28(27)30-29(21)24-12-14-25(15-13-24)31-19-22-8-4-2-5-9-22;14-12-6-8-13(9-7-12)15-10-11-4-2-1-3-5-11/h2-19,22,30H,20-21H2,1H3;2-18,30H,19-20H2,1H3;1-9H,10,14H2. The normalized spacial score (nSPS) is 10.9. The third-order valence-corrected chi connectivity index (χ3v) is 13.1. The molecule has 0 spiro atoms. The van der Waals surface area contributed by atoms with Gasteiger partial charge in [-0.1, -0.05) is 152 Å². The molecule has 80 heavy (non-hydrogen) atoms. The molecule has 1 heterocycles. The van der Waals surface area contributed by atoms with E-state index in [0.29, 0.717) is 38.6 Å². The minimum atomic E-state index is -0.364. The van der Waals surface area contributed by atoms with E-state index in [1.165, 1.54) is 10.9 Å². The van der Waals surface area contributed by atoms with E-state index in [4.69, 9.17) is 29.4 Å². The fourth-order valence-electron chi connectivity index (χ4n) is 8.61. The largest absolute Gasteiger partial charge is 0.489 e. The number of rotatable bonds is 20. The molecule has 11 rings (SSSR count). The molecule has 0 aliphatic rings. The number of ether oxygens (including phenoxy) is 5. The first-order valence-corrected chi connectivity index (χ1v) is 26.7. The van der Waals surface area contributed by atoms with Gasteiger partial charge in [0.25, 0.3) is 0 Å². The highest BCUT2D eigenvalue weighted by atomic mass is 16.5. The van der Waals surface area contributed by atoms with Gasteiger partial charge in [-0.05, 0) is 162 Å². The Bertz CT molecular complexity index is 3580. The van der Waals surface area contributed by atoms with Crippen LogP contribution < -0.4 is 34.7 Å². The van der Waals surface area contributed by atoms with Crippen molar-refractivity contribution in [3.05, 3.63) is 306 Å². The summed E-state index contributed by atoms with van der Waals surface area (Å²) in [6, 6.07) is 87.0. The molecule has 1 atom stereocenters. The van der Waals surface area contributed by atoms with Gasteiger partial charge in [0, 0.05) is 39.6 Å². The summed E-state index contributed by atoms with van der Waals surface area (Å²) in [6.45, 7) is 6.75. The van der Waals surface area contributed by atoms with Crippen molar-refractivity contribution < 1.29 is 28.5 Å². The highest BCUT2D eigenvalue weighted by Crippen LogP contribution is 2.33. The van der Waals surface area contributed by atoms with Gasteiger partial charge in [-0.15, -0.1) is 0 Å². The first-order chi connectivity index (χ1) is 39.3. The number of benzene rings is 10. The van der Waals surface area contributed by atoms with Crippen molar-refractivity contribution in [2.75, 3.05) is 11.1 Å². The van der Waals surface area contributed by atoms with Crippen LogP contribution in [0.25, 0.3) is 22.2 Å². The number of fused-ring (bicyclic) bond motifs is 1. The Kier molecular flexibility index (Phi) is 19.5. The Morgan fingerprint density at radius 2 is 0.762 bits per heavy atom. The number of nitrogens with one attached hydrogen (secondary N) is 2. The summed E-state index contributed by atoms with van der Waals surface area (Å²) in [5.74, 6) is 4.11. The molecule has 9 heteroatoms. The molecule has 0 saturated carbocycles. The molecule has 0 radical (unpaired) electrons. The lowest BCUT2D eigenvalue weighted by Gasteiger charge is -2.15. The molecular formula is C71H65N3O6. The van der Waals surface area contributed by atoms with Gasteiger partial charge in [0.15, 0.2) is 5.78 Å². The number of carbonyl (C=O) groups is 1. The molecule has 0 bridgehead atoms. The van der Waals surface area contributed by atoms with Crippen molar-refractivity contribution in [2.45, 2.75) is 52.9 Å². The summed E-state index contributed by atoms with van der Waals surface area (Å²) in [5, 5.41) is 4.47. The second-order valence-corrected chi connectivity index (χ2v) is 19.1. The number of ketones is 1. The van der Waals surface area contributed by atoms with E-state index >= 15 is 0 Å². The zero-order valence-corrected chi connectivity index (χ0v) is 45.0. The lowest BCUT2D eigenvalue weighted by atomic mass is 10.0. The number of hydrogen-bond donors (Lipinski definition) is 3. The molecule has 4 N–H and O–H groups in total. The summed E-state index contributed by atoms with van der Waals surface area (Å²) in [6.07, 6.45) is 0. The highest BCUT2D eigenvalue weighted by molar-refractivity contribution is 6.01. The van der Waals surface area contributed by atoms with Crippen LogP contribution in [0.5, 0.6) is 28.7 Å². The molecule has 0 saturated heterocycles. The minimum Gasteiger partial charge on any atom is -0.489 e. The number of Topliss-reactive ketones (excluding diaryl/α,β-unsaturated/α-hetero) is 1. The van der Waals surface area contributed by atoms with Gasteiger partial charge in [-0.25, -0.2) is 0 Å². The van der Waals surface area contributed by atoms with E-state index in [1.807, 2.05) is 213 Å². The lowest BCUT2D eigenvalue weighted by Crippen LogP contribution is -2.26. The van der Waals surface area contributed by atoms with Crippen molar-refractivity contribution in [3.63, 3.8) is 0 Å². The quantitative estimate of drug-likeness (QED) is 0.0510. The van der Waals surface area contributed by atoms with Crippen LogP contribution in [0.4, 0.5) is 11.4 Å². The highest BCUT2D eigenvalue weighted by Gasteiger charge is 2.16. The van der Waals surface area contributed by atoms with E-state index in [-0.39, 0.29) is 11.8 Å². The number of hydrogen-bond acceptors (Lipinski definition) is 8. The molecule has 0 fully saturated rings. The number of aromatic nitrogens is 1. The van der Waals surface area contributed by atoms with Gasteiger partial charge in [0.05, 0.1) is 6.04 Å². The molecule has 11 aromatic rings. The van der Waals surface area contributed by atoms with E-state index in [2.05, 4.69) is 65.8 Å². The molecule has 0 amide bonds. The maximum atomic E-state index is 12.8. The molecule has 1 aromatic heterocycles. The van der Waals surface area contributed by atoms with Crippen LogP contribution >= 0.6 is 0 Å². The number of nitrogen functional groups attached to an aromatic ring is 1. The molecule has 400 valence electrons. The predicted molar refractivity (Wildman–Crippen MR) is 323 cm³/mol. The van der Waals surface area contributed by atoms with E-state index in [9.17, 15) is 4.79 Å². The van der Waals surface area contributed by atoms with Crippen LogP contribution in [-0.2, 0) is 33.0 Å². The molecule has 0 aliphatic heterocycles. The van der Waals surface area contributed by atoms with Crippen molar-refractivity contribution in [1.29, 1.82) is 0 Å². The average molecular weight is 1060 g/mol. The van der Waals surface area contributed by atoms with Gasteiger partial charge in [0.2, 0.25) is 0 Å². The van der Waals surface area contributed by atoms with Gasteiger partial charge in [0.1, 0.15) is 61.8 Å². The summed E-state index contributed by atoms with van der Waals surface area (Å²) in [4.78, 5) is 16.4. The second-order valence-electron chi connectivity index (χ2n) is 19.1. The third-order valence-electron chi connectivity index (χ3n) is 13.1. The van der Waals surface area contributed by atoms with Gasteiger partial charge >= 0.3 is 0 Å². The number of aryl methyl sites for hydroxylation is 1. The zero-order chi connectivity index (χ0) is 55.1. The fraction of sp³-hybridized carbons (Fsp3) is 0.113. The fourth-order valence-corrected chi connectivity index (χ4v) is 8.61. The summed E-state index contributed by atoms with van der Waals surface area (Å²) >= 11 is 0. The summed E-state index contributed by atoms with van der Waals surface area (Å²) in [7, 11) is 0. The Hall–Kier alpha value is -9.99. The topological polar surface area (TPSA) is 117 Å². The molecule has 10 aromatic carbocycles. The Morgan fingerprint density at radius 1 is 0.425 bits per heavy atom. The van der Waals surface area contributed by atoms with Crippen LogP contribution in [0.3, 0.4) is 0 Å². The van der Waals surface area contributed by atoms with Crippen LogP contribution in [0.2, 0.25) is 0 Å². The van der Waals surface area contributed by atoms with Gasteiger partial charge < -0.3 is 39.7 Å². The number of nitrogens with two attached hydrogens (primary N) is 1. The third kappa shape index (κ3) is 16.5. The Morgan fingerprint density at radius 3 is 1.16 bits per heavy atom. The van der Waals surface area contributed by atoms with Gasteiger partial charge in [-0.3, -0.25) is 4.79 Å². The first-order valence-electron chi connectivity index (χ1n) is 26.7.